The van der Waals surface area contributed by atoms with E-state index in [0.717, 1.165) is 35.2 Å². The summed E-state index contributed by atoms with van der Waals surface area (Å²) in [4.78, 5) is 4.32. The maximum atomic E-state index is 8.93. The summed E-state index contributed by atoms with van der Waals surface area (Å²) in [6.45, 7) is 0.530. The predicted molar refractivity (Wildman–Crippen MR) is 58.0 cm³/mol. The molecule has 0 unspecified atom stereocenters. The summed E-state index contributed by atoms with van der Waals surface area (Å²) >= 11 is 0. The molecule has 0 spiro atoms. The molecule has 3 heteroatoms. The normalized spacial score (nSPS) is 16.4. The van der Waals surface area contributed by atoms with Crippen molar-refractivity contribution in [3.05, 3.63) is 34.9 Å². The fraction of sp³-hybridized carbons (Fsp3) is 0.333. The molecule has 3 nitrogen and oxygen atoms in total. The van der Waals surface area contributed by atoms with Crippen LogP contribution in [0.5, 0.6) is 0 Å². The smallest absolute Gasteiger partial charge is 0.0994 e. The molecule has 0 saturated heterocycles. The van der Waals surface area contributed by atoms with Gasteiger partial charge in [0.15, 0.2) is 0 Å². The van der Waals surface area contributed by atoms with Crippen LogP contribution in [-0.2, 0) is 6.42 Å². The molecule has 0 radical (unpaired) electrons. The Morgan fingerprint density at radius 3 is 3.00 bits per heavy atom. The lowest BCUT2D eigenvalue weighted by Crippen LogP contribution is -1.99. The van der Waals surface area contributed by atoms with Gasteiger partial charge in [0.25, 0.3) is 0 Å². The fourth-order valence-corrected chi connectivity index (χ4v) is 1.96. The molecule has 0 fully saturated rings. The van der Waals surface area contributed by atoms with E-state index in [1.54, 1.807) is 0 Å². The van der Waals surface area contributed by atoms with Crippen LogP contribution in [0, 0.1) is 11.3 Å². The number of aliphatic imine (C=N–C) groups is 1. The van der Waals surface area contributed by atoms with Crippen molar-refractivity contribution >= 4 is 5.71 Å². The second-order valence-corrected chi connectivity index (χ2v) is 3.50. The minimum absolute atomic E-state index is 0.0801. The van der Waals surface area contributed by atoms with Gasteiger partial charge in [0.2, 0.25) is 0 Å². The minimum Gasteiger partial charge on any atom is -0.394 e. The Morgan fingerprint density at radius 1 is 1.40 bits per heavy atom. The Balaban J connectivity index is 2.40. The van der Waals surface area contributed by atoms with E-state index in [1.165, 1.54) is 0 Å². The lowest BCUT2D eigenvalue weighted by molar-refractivity contribution is 0.307. The number of fused-ring (bicyclic) bond motifs is 1. The third-order valence-electron chi connectivity index (χ3n) is 2.62. The van der Waals surface area contributed by atoms with Gasteiger partial charge in [0.05, 0.1) is 24.8 Å². The quantitative estimate of drug-likeness (QED) is 0.782. The van der Waals surface area contributed by atoms with Crippen LogP contribution in [0.4, 0.5) is 0 Å². The molecule has 1 aliphatic rings. The second kappa shape index (κ2) is 4.24. The number of hydrogen-bond acceptors (Lipinski definition) is 3. The van der Waals surface area contributed by atoms with Crippen molar-refractivity contribution in [1.29, 1.82) is 5.26 Å². The van der Waals surface area contributed by atoms with E-state index < -0.39 is 0 Å². The van der Waals surface area contributed by atoms with Gasteiger partial charge in [-0.1, -0.05) is 12.1 Å². The van der Waals surface area contributed by atoms with Crippen LogP contribution in [0.2, 0.25) is 0 Å². The van der Waals surface area contributed by atoms with Crippen molar-refractivity contribution in [3.63, 3.8) is 0 Å². The first-order valence-electron chi connectivity index (χ1n) is 5.03. The molecule has 15 heavy (non-hydrogen) atoms. The van der Waals surface area contributed by atoms with E-state index in [9.17, 15) is 0 Å². The molecular weight excluding hydrogens is 188 g/mol. The van der Waals surface area contributed by atoms with Gasteiger partial charge >= 0.3 is 0 Å². The van der Waals surface area contributed by atoms with Gasteiger partial charge in [-0.3, -0.25) is 4.99 Å². The number of benzene rings is 1. The zero-order valence-corrected chi connectivity index (χ0v) is 8.40. The first-order chi connectivity index (χ1) is 7.36. The van der Waals surface area contributed by atoms with Gasteiger partial charge < -0.3 is 5.11 Å². The van der Waals surface area contributed by atoms with Crippen LogP contribution in [0.3, 0.4) is 0 Å². The summed E-state index contributed by atoms with van der Waals surface area (Å²) in [6, 6.07) is 7.93. The Kier molecular flexibility index (Phi) is 2.79. The molecule has 0 aliphatic heterocycles. The number of aliphatic hydroxyl groups is 1. The number of nitrogens with zero attached hydrogens (tertiary/aromatic N) is 2. The van der Waals surface area contributed by atoms with Crippen molar-refractivity contribution in [1.82, 2.24) is 0 Å². The van der Waals surface area contributed by atoms with Crippen molar-refractivity contribution in [2.75, 3.05) is 13.2 Å². The molecule has 0 atom stereocenters. The van der Waals surface area contributed by atoms with Crippen LogP contribution in [0.1, 0.15) is 23.1 Å². The lowest BCUT2D eigenvalue weighted by Gasteiger charge is -2.01. The van der Waals surface area contributed by atoms with Crippen LogP contribution in [0.15, 0.2) is 23.2 Å². The van der Waals surface area contributed by atoms with Gasteiger partial charge in [-0.15, -0.1) is 0 Å². The monoisotopic (exact) mass is 200 g/mol. The summed E-state index contributed by atoms with van der Waals surface area (Å²) in [5.41, 5.74) is 3.97. The van der Waals surface area contributed by atoms with E-state index in [2.05, 4.69) is 11.1 Å². The van der Waals surface area contributed by atoms with E-state index >= 15 is 0 Å². The van der Waals surface area contributed by atoms with Crippen LogP contribution >= 0.6 is 0 Å². The molecule has 1 aromatic rings. The molecule has 0 aromatic heterocycles. The van der Waals surface area contributed by atoms with Gasteiger partial charge in [-0.2, -0.15) is 5.26 Å². The van der Waals surface area contributed by atoms with E-state index in [1.807, 2.05) is 18.2 Å². The Labute approximate surface area is 88.7 Å². The summed E-state index contributed by atoms with van der Waals surface area (Å²) in [5.74, 6) is 0. The molecule has 1 aliphatic carbocycles. The molecule has 0 bridgehead atoms. The van der Waals surface area contributed by atoms with Crippen LogP contribution in [0.25, 0.3) is 0 Å². The maximum Gasteiger partial charge on any atom is 0.0994 e. The Bertz CT molecular complexity index is 443. The van der Waals surface area contributed by atoms with E-state index in [4.69, 9.17) is 10.4 Å². The van der Waals surface area contributed by atoms with Gasteiger partial charge in [-0.25, -0.2) is 0 Å². The highest BCUT2D eigenvalue weighted by atomic mass is 16.3. The van der Waals surface area contributed by atoms with Crippen molar-refractivity contribution in [2.24, 2.45) is 4.99 Å². The van der Waals surface area contributed by atoms with Crippen molar-refractivity contribution in [3.8, 4) is 6.07 Å². The zero-order chi connectivity index (χ0) is 10.7. The largest absolute Gasteiger partial charge is 0.394 e. The molecule has 0 heterocycles. The topological polar surface area (TPSA) is 56.4 Å². The van der Waals surface area contributed by atoms with E-state index in [-0.39, 0.29) is 6.61 Å². The molecule has 2 rings (SSSR count). The summed E-state index contributed by atoms with van der Waals surface area (Å²) < 4.78 is 0. The number of rotatable bonds is 2. The van der Waals surface area contributed by atoms with Gasteiger partial charge in [0.1, 0.15) is 0 Å². The summed E-state index contributed by atoms with van der Waals surface area (Å²) in [6.07, 6.45) is 1.78. The molecular formula is C12H12N2O. The SMILES string of the molecule is N#Cc1cccc2c1CC/C2=N\CCO. The Morgan fingerprint density at radius 2 is 2.27 bits per heavy atom. The lowest BCUT2D eigenvalue weighted by atomic mass is 10.0. The molecule has 1 N–H and O–H groups in total. The highest BCUT2D eigenvalue weighted by Gasteiger charge is 2.19. The third-order valence-corrected chi connectivity index (χ3v) is 2.62. The van der Waals surface area contributed by atoms with Crippen molar-refractivity contribution in [2.45, 2.75) is 12.8 Å². The summed E-state index contributed by atoms with van der Waals surface area (Å²) in [5, 5.41) is 17.7. The predicted octanol–water partition coefficient (Wildman–Crippen LogP) is 1.29. The van der Waals surface area contributed by atoms with Crippen LogP contribution < -0.4 is 0 Å². The third kappa shape index (κ3) is 1.77. The minimum atomic E-state index is 0.0801. The van der Waals surface area contributed by atoms with Crippen molar-refractivity contribution < 1.29 is 5.11 Å². The highest BCUT2D eigenvalue weighted by molar-refractivity contribution is 6.05. The number of nitriles is 1. The highest BCUT2D eigenvalue weighted by Crippen LogP contribution is 2.25. The average molecular weight is 200 g/mol. The van der Waals surface area contributed by atoms with Gasteiger partial charge in [-0.05, 0) is 24.5 Å². The molecule has 1 aromatic carbocycles. The first kappa shape index (κ1) is 9.88. The van der Waals surface area contributed by atoms with Crippen LogP contribution in [-0.4, -0.2) is 24.0 Å². The molecule has 0 amide bonds. The molecule has 76 valence electrons. The molecule has 0 saturated carbocycles. The fourth-order valence-electron chi connectivity index (χ4n) is 1.96. The second-order valence-electron chi connectivity index (χ2n) is 3.50. The standard InChI is InChI=1S/C12H12N2O/c13-8-9-2-1-3-11-10(9)4-5-12(11)14-6-7-15/h1-3,15H,4-7H2/b14-12+. The van der Waals surface area contributed by atoms with E-state index in [0.29, 0.717) is 6.54 Å². The van der Waals surface area contributed by atoms with Gasteiger partial charge in [0, 0.05) is 11.3 Å². The Hall–Kier alpha value is -1.66. The zero-order valence-electron chi connectivity index (χ0n) is 8.40. The average Bonchev–Trinajstić information content (AvgIpc) is 2.69. The number of hydrogen-bond donors (Lipinski definition) is 1. The first-order valence-corrected chi connectivity index (χ1v) is 5.03. The summed E-state index contributed by atoms with van der Waals surface area (Å²) in [7, 11) is 0. The number of aliphatic hydroxyl groups excluding tert-OH is 1. The maximum absolute atomic E-state index is 8.93.